The monoisotopic (exact) mass is 542 g/mol. The van der Waals surface area contributed by atoms with Crippen LogP contribution in [0.15, 0.2) is 36.9 Å². The minimum Gasteiger partial charge on any atom is -0.406 e. The number of benzene rings is 1. The molecule has 36 heavy (non-hydrogen) atoms. The maximum absolute atomic E-state index is 14.9. The fourth-order valence-corrected chi connectivity index (χ4v) is 3.81. The lowest BCUT2D eigenvalue weighted by atomic mass is 9.92. The Morgan fingerprint density at radius 1 is 1.17 bits per heavy atom. The molecule has 3 rings (SSSR count). The SMILES string of the molecule is O=C(NC1CCC(F)(F)CC1)[C@@H](c1cncnc1)N(C(=O)[C@H](F)Cl)c1ccc(OC(F)(F)F)cc1F. The Morgan fingerprint density at radius 3 is 2.31 bits per heavy atom. The van der Waals surface area contributed by atoms with Crippen molar-refractivity contribution < 1.29 is 45.1 Å². The first-order valence-electron chi connectivity index (χ1n) is 10.4. The van der Waals surface area contributed by atoms with Gasteiger partial charge in [-0.15, -0.1) is 13.2 Å². The van der Waals surface area contributed by atoms with E-state index in [0.29, 0.717) is 17.0 Å². The van der Waals surface area contributed by atoms with Gasteiger partial charge in [-0.2, -0.15) is 0 Å². The Kier molecular flexibility index (Phi) is 8.26. The van der Waals surface area contributed by atoms with Crippen LogP contribution in [0, 0.1) is 5.82 Å². The molecule has 1 heterocycles. The van der Waals surface area contributed by atoms with E-state index in [2.05, 4.69) is 20.0 Å². The van der Waals surface area contributed by atoms with Crippen molar-refractivity contribution >= 4 is 29.1 Å². The molecule has 1 N–H and O–H groups in total. The minimum atomic E-state index is -5.15. The lowest BCUT2D eigenvalue weighted by Crippen LogP contribution is -2.49. The van der Waals surface area contributed by atoms with Crippen molar-refractivity contribution in [3.8, 4) is 5.75 Å². The minimum absolute atomic E-state index is 0.107. The Morgan fingerprint density at radius 2 is 1.78 bits per heavy atom. The highest BCUT2D eigenvalue weighted by atomic mass is 35.5. The summed E-state index contributed by atoms with van der Waals surface area (Å²) in [5, 5.41) is 2.48. The van der Waals surface area contributed by atoms with Gasteiger partial charge >= 0.3 is 6.36 Å². The zero-order valence-corrected chi connectivity index (χ0v) is 18.9. The zero-order chi connectivity index (χ0) is 26.7. The molecule has 15 heteroatoms. The number of alkyl halides is 7. The van der Waals surface area contributed by atoms with E-state index < -0.39 is 71.9 Å². The van der Waals surface area contributed by atoms with Crippen LogP contribution in [0.25, 0.3) is 0 Å². The molecule has 7 nitrogen and oxygen atoms in total. The molecular weight excluding hydrogens is 525 g/mol. The summed E-state index contributed by atoms with van der Waals surface area (Å²) in [7, 11) is 0. The van der Waals surface area contributed by atoms with Gasteiger partial charge in [0.1, 0.15) is 18.1 Å². The Balaban J connectivity index is 2.02. The van der Waals surface area contributed by atoms with Crippen molar-refractivity contribution in [3.63, 3.8) is 0 Å². The first kappa shape index (κ1) is 27.4. The quantitative estimate of drug-likeness (QED) is 0.401. The van der Waals surface area contributed by atoms with E-state index in [0.717, 1.165) is 18.7 Å². The lowest BCUT2D eigenvalue weighted by molar-refractivity contribution is -0.274. The molecule has 2 aromatic rings. The van der Waals surface area contributed by atoms with Crippen molar-refractivity contribution in [1.29, 1.82) is 0 Å². The van der Waals surface area contributed by atoms with Crippen LogP contribution < -0.4 is 15.0 Å². The van der Waals surface area contributed by atoms with Gasteiger partial charge in [-0.1, -0.05) is 11.6 Å². The predicted molar refractivity (Wildman–Crippen MR) is 111 cm³/mol. The van der Waals surface area contributed by atoms with E-state index in [1.165, 1.54) is 0 Å². The highest BCUT2D eigenvalue weighted by Gasteiger charge is 2.41. The first-order valence-corrected chi connectivity index (χ1v) is 10.8. The number of nitrogens with zero attached hydrogens (tertiary/aromatic N) is 3. The van der Waals surface area contributed by atoms with E-state index in [1.54, 1.807) is 0 Å². The number of carbonyl (C=O) groups is 2. The number of ether oxygens (including phenoxy) is 1. The fourth-order valence-electron chi connectivity index (χ4n) is 3.70. The van der Waals surface area contributed by atoms with Crippen molar-refractivity contribution in [3.05, 3.63) is 48.3 Å². The second-order valence-electron chi connectivity index (χ2n) is 7.88. The second-order valence-corrected chi connectivity index (χ2v) is 8.27. The standard InChI is InChI=1S/C21H18ClF7N4O3/c22-17(24)19(35)33(15-2-1-13(7-14(15)23)36-21(27,28)29)16(11-8-30-10-31-9-11)18(34)32-12-3-5-20(25,26)6-4-12/h1-2,7-10,12,16-17H,3-6H2,(H,32,34)/t16-,17+/m1/s1. The van der Waals surface area contributed by atoms with E-state index >= 15 is 0 Å². The van der Waals surface area contributed by atoms with Gasteiger partial charge < -0.3 is 10.1 Å². The highest BCUT2D eigenvalue weighted by Crippen LogP contribution is 2.36. The third-order valence-corrected chi connectivity index (χ3v) is 5.49. The van der Waals surface area contributed by atoms with Gasteiger partial charge in [-0.25, -0.2) is 27.5 Å². The number of rotatable bonds is 7. The summed E-state index contributed by atoms with van der Waals surface area (Å²) >= 11 is 5.30. The average Bonchev–Trinajstić information content (AvgIpc) is 2.78. The summed E-state index contributed by atoms with van der Waals surface area (Å²) in [5.41, 5.74) is -3.74. The molecule has 0 bridgehead atoms. The third kappa shape index (κ3) is 6.95. The van der Waals surface area contributed by atoms with Gasteiger partial charge in [0.15, 0.2) is 5.82 Å². The molecule has 0 aliphatic heterocycles. The Bertz CT molecular complexity index is 1080. The van der Waals surface area contributed by atoms with E-state index in [4.69, 9.17) is 11.6 Å². The number of aromatic nitrogens is 2. The molecule has 2 amide bonds. The van der Waals surface area contributed by atoms with Gasteiger partial charge in [-0.3, -0.25) is 14.5 Å². The van der Waals surface area contributed by atoms with Crippen LogP contribution in [-0.4, -0.2) is 45.7 Å². The molecule has 196 valence electrons. The number of nitrogens with one attached hydrogen (secondary N) is 1. The van der Waals surface area contributed by atoms with Crippen LogP contribution in [0.3, 0.4) is 0 Å². The maximum Gasteiger partial charge on any atom is 0.573 e. The highest BCUT2D eigenvalue weighted by molar-refractivity contribution is 6.32. The smallest absolute Gasteiger partial charge is 0.406 e. The average molecular weight is 543 g/mol. The van der Waals surface area contributed by atoms with Crippen molar-refractivity contribution in [2.75, 3.05) is 4.90 Å². The summed E-state index contributed by atoms with van der Waals surface area (Å²) in [6, 6.07) is -1.01. The Hall–Kier alpha value is -3.16. The largest absolute Gasteiger partial charge is 0.573 e. The molecule has 0 saturated heterocycles. The van der Waals surface area contributed by atoms with Crippen molar-refractivity contribution in [2.45, 2.75) is 55.7 Å². The molecule has 1 saturated carbocycles. The summed E-state index contributed by atoms with van der Waals surface area (Å²) < 4.78 is 97.1. The zero-order valence-electron chi connectivity index (χ0n) is 18.1. The van der Waals surface area contributed by atoms with Gasteiger partial charge in [0.05, 0.1) is 5.69 Å². The summed E-state index contributed by atoms with van der Waals surface area (Å²) in [4.78, 5) is 33.7. The number of halogens is 8. The molecule has 1 aromatic carbocycles. The molecule has 0 spiro atoms. The number of amides is 2. The predicted octanol–water partition coefficient (Wildman–Crippen LogP) is 4.82. The van der Waals surface area contributed by atoms with Crippen LogP contribution in [0.4, 0.5) is 36.4 Å². The molecule has 1 aliphatic carbocycles. The summed E-state index contributed by atoms with van der Waals surface area (Å²) in [6.07, 6.45) is -3.19. The molecule has 0 radical (unpaired) electrons. The normalized spacial score (nSPS) is 17.7. The van der Waals surface area contributed by atoms with Gasteiger partial charge in [0, 0.05) is 42.9 Å². The van der Waals surface area contributed by atoms with Gasteiger partial charge in [0.2, 0.25) is 11.8 Å². The Labute approximate surface area is 204 Å². The molecule has 2 atom stereocenters. The maximum atomic E-state index is 14.9. The van der Waals surface area contributed by atoms with Gasteiger partial charge in [-0.05, 0) is 25.0 Å². The molecule has 1 aliphatic rings. The summed E-state index contributed by atoms with van der Waals surface area (Å²) in [6.45, 7) is 0. The molecular formula is C21H18ClF7N4O3. The lowest BCUT2D eigenvalue weighted by Gasteiger charge is -2.34. The number of carbonyl (C=O) groups excluding carboxylic acids is 2. The van der Waals surface area contributed by atoms with Crippen LogP contribution in [0.5, 0.6) is 5.75 Å². The van der Waals surface area contributed by atoms with Crippen LogP contribution >= 0.6 is 11.6 Å². The molecule has 1 aromatic heterocycles. The van der Waals surface area contributed by atoms with E-state index in [9.17, 15) is 40.3 Å². The van der Waals surface area contributed by atoms with Crippen LogP contribution in [0.1, 0.15) is 37.3 Å². The molecule has 1 fully saturated rings. The van der Waals surface area contributed by atoms with E-state index in [1.807, 2.05) is 0 Å². The number of hydrogen-bond donors (Lipinski definition) is 1. The van der Waals surface area contributed by atoms with Crippen LogP contribution in [-0.2, 0) is 9.59 Å². The van der Waals surface area contributed by atoms with E-state index in [-0.39, 0.29) is 24.5 Å². The first-order chi connectivity index (χ1) is 16.8. The fraction of sp³-hybridized carbons (Fsp3) is 0.429. The second kappa shape index (κ2) is 10.8. The third-order valence-electron chi connectivity index (χ3n) is 5.30. The number of anilines is 1. The van der Waals surface area contributed by atoms with Crippen LogP contribution in [0.2, 0.25) is 0 Å². The molecule has 0 unspecified atom stereocenters. The van der Waals surface area contributed by atoms with Crippen molar-refractivity contribution in [1.82, 2.24) is 15.3 Å². The topological polar surface area (TPSA) is 84.4 Å². The number of hydrogen-bond acceptors (Lipinski definition) is 5. The summed E-state index contributed by atoms with van der Waals surface area (Å²) in [5.74, 6) is -8.01. The van der Waals surface area contributed by atoms with Crippen molar-refractivity contribution in [2.24, 2.45) is 0 Å². The van der Waals surface area contributed by atoms with Gasteiger partial charge in [0.25, 0.3) is 11.5 Å².